The predicted molar refractivity (Wildman–Crippen MR) is 72.2 cm³/mol. The molecular weight excluding hydrogens is 228 g/mol. The van der Waals surface area contributed by atoms with E-state index in [1.54, 1.807) is 7.11 Å². The van der Waals surface area contributed by atoms with Crippen molar-refractivity contribution >= 4 is 5.90 Å². The monoisotopic (exact) mass is 248 g/mol. The molecule has 0 saturated heterocycles. The maximum absolute atomic E-state index is 5.81. The molecule has 1 aromatic carbocycles. The van der Waals surface area contributed by atoms with Gasteiger partial charge in [0.05, 0.1) is 20.1 Å². The molecule has 0 spiro atoms. The molecule has 1 aliphatic heterocycles. The summed E-state index contributed by atoms with van der Waals surface area (Å²) >= 11 is 0. The number of hydrogen-bond donors (Lipinski definition) is 1. The molecule has 1 heterocycles. The van der Waals surface area contributed by atoms with Gasteiger partial charge in [0.15, 0.2) is 5.90 Å². The highest BCUT2D eigenvalue weighted by Crippen LogP contribution is 2.20. The Bertz CT molecular complexity index is 418. The van der Waals surface area contributed by atoms with E-state index in [9.17, 15) is 0 Å². The van der Waals surface area contributed by atoms with Crippen LogP contribution in [0, 0.1) is 0 Å². The molecule has 0 fully saturated rings. The van der Waals surface area contributed by atoms with Crippen LogP contribution in [0.4, 0.5) is 0 Å². The van der Waals surface area contributed by atoms with Gasteiger partial charge in [-0.15, -0.1) is 0 Å². The maximum Gasteiger partial charge on any atom is 0.188 e. The zero-order valence-corrected chi connectivity index (χ0v) is 10.8. The van der Waals surface area contributed by atoms with E-state index in [1.807, 2.05) is 24.3 Å². The molecule has 4 heteroatoms. The van der Waals surface area contributed by atoms with E-state index >= 15 is 0 Å². The molecule has 0 bridgehead atoms. The van der Waals surface area contributed by atoms with Crippen molar-refractivity contribution in [3.63, 3.8) is 0 Å². The quantitative estimate of drug-likeness (QED) is 0.834. The van der Waals surface area contributed by atoms with Gasteiger partial charge < -0.3 is 15.2 Å². The maximum atomic E-state index is 5.81. The van der Waals surface area contributed by atoms with Crippen molar-refractivity contribution in [2.45, 2.75) is 25.4 Å². The van der Waals surface area contributed by atoms with E-state index in [1.165, 1.54) is 0 Å². The number of methoxy groups -OCH3 is 1. The lowest BCUT2D eigenvalue weighted by atomic mass is 10.1. The van der Waals surface area contributed by atoms with Crippen LogP contribution in [0.5, 0.6) is 5.75 Å². The first kappa shape index (κ1) is 12.9. The lowest BCUT2D eigenvalue weighted by Gasteiger charge is -2.11. The van der Waals surface area contributed by atoms with Crippen molar-refractivity contribution in [2.24, 2.45) is 10.7 Å². The second-order valence-electron chi connectivity index (χ2n) is 4.39. The third-order valence-electron chi connectivity index (χ3n) is 3.04. The lowest BCUT2D eigenvalue weighted by Crippen LogP contribution is -2.16. The largest absolute Gasteiger partial charge is 0.496 e. The van der Waals surface area contributed by atoms with Gasteiger partial charge in [0.1, 0.15) is 11.9 Å². The number of para-hydroxylation sites is 1. The van der Waals surface area contributed by atoms with Crippen molar-refractivity contribution in [3.8, 4) is 5.75 Å². The second-order valence-corrected chi connectivity index (χ2v) is 4.39. The average molecular weight is 248 g/mol. The molecule has 0 amide bonds. The van der Waals surface area contributed by atoms with Crippen molar-refractivity contribution in [1.82, 2.24) is 0 Å². The Hall–Kier alpha value is -1.55. The molecule has 4 nitrogen and oxygen atoms in total. The van der Waals surface area contributed by atoms with Crippen molar-refractivity contribution < 1.29 is 9.47 Å². The van der Waals surface area contributed by atoms with E-state index in [-0.39, 0.29) is 6.10 Å². The average Bonchev–Trinajstić information content (AvgIpc) is 2.84. The summed E-state index contributed by atoms with van der Waals surface area (Å²) in [6.07, 6.45) is 2.87. The van der Waals surface area contributed by atoms with E-state index in [2.05, 4.69) is 4.99 Å². The lowest BCUT2D eigenvalue weighted by molar-refractivity contribution is 0.206. The Kier molecular flexibility index (Phi) is 4.59. The van der Waals surface area contributed by atoms with Gasteiger partial charge in [0, 0.05) is 5.56 Å². The number of nitrogens with zero attached hydrogens (tertiary/aromatic N) is 1. The normalized spacial score (nSPS) is 18.3. The van der Waals surface area contributed by atoms with Gasteiger partial charge in [-0.05, 0) is 25.5 Å². The predicted octanol–water partition coefficient (Wildman–Crippen LogP) is 1.77. The summed E-state index contributed by atoms with van der Waals surface area (Å²) in [5.41, 5.74) is 6.60. The fourth-order valence-corrected chi connectivity index (χ4v) is 2.08. The highest BCUT2D eigenvalue weighted by Gasteiger charge is 2.20. The van der Waals surface area contributed by atoms with Gasteiger partial charge in [-0.1, -0.05) is 18.2 Å². The zero-order chi connectivity index (χ0) is 12.8. The standard InChI is InChI=1S/C14H20N2O2/c1-17-13-7-3-2-5-11(13)9-14-16-10-12(18-14)6-4-8-15/h2-3,5,7,12H,4,6,8-10,15H2,1H3. The molecule has 1 aromatic rings. The first-order chi connectivity index (χ1) is 8.83. The second kappa shape index (κ2) is 6.40. The fraction of sp³-hybridized carbons (Fsp3) is 0.500. The number of rotatable bonds is 6. The highest BCUT2D eigenvalue weighted by molar-refractivity contribution is 5.80. The Morgan fingerprint density at radius 2 is 2.28 bits per heavy atom. The number of nitrogens with two attached hydrogens (primary N) is 1. The minimum atomic E-state index is 0.207. The SMILES string of the molecule is COc1ccccc1CC1=NCC(CCCN)O1. The van der Waals surface area contributed by atoms with E-state index in [0.717, 1.165) is 36.6 Å². The van der Waals surface area contributed by atoms with Crippen LogP contribution < -0.4 is 10.5 Å². The molecular formula is C14H20N2O2. The topological polar surface area (TPSA) is 56.8 Å². The third kappa shape index (κ3) is 3.23. The van der Waals surface area contributed by atoms with Crippen LogP contribution in [0.25, 0.3) is 0 Å². The van der Waals surface area contributed by atoms with Crippen molar-refractivity contribution in [3.05, 3.63) is 29.8 Å². The number of hydrogen-bond acceptors (Lipinski definition) is 4. The van der Waals surface area contributed by atoms with E-state index < -0.39 is 0 Å². The van der Waals surface area contributed by atoms with Crippen LogP contribution in [-0.4, -0.2) is 32.2 Å². The van der Waals surface area contributed by atoms with Gasteiger partial charge in [0.2, 0.25) is 0 Å². The molecule has 2 rings (SSSR count). The van der Waals surface area contributed by atoms with Crippen LogP contribution in [0.1, 0.15) is 18.4 Å². The molecule has 1 unspecified atom stereocenters. The van der Waals surface area contributed by atoms with E-state index in [0.29, 0.717) is 13.0 Å². The zero-order valence-electron chi connectivity index (χ0n) is 10.8. The van der Waals surface area contributed by atoms with Gasteiger partial charge in [-0.2, -0.15) is 0 Å². The Balaban J connectivity index is 1.91. The van der Waals surface area contributed by atoms with Crippen LogP contribution >= 0.6 is 0 Å². The van der Waals surface area contributed by atoms with Crippen LogP contribution in [0.3, 0.4) is 0 Å². The minimum absolute atomic E-state index is 0.207. The third-order valence-corrected chi connectivity index (χ3v) is 3.04. The molecule has 0 aliphatic carbocycles. The van der Waals surface area contributed by atoms with Gasteiger partial charge in [0.25, 0.3) is 0 Å². The van der Waals surface area contributed by atoms with Crippen molar-refractivity contribution in [2.75, 3.05) is 20.2 Å². The summed E-state index contributed by atoms with van der Waals surface area (Å²) in [7, 11) is 1.68. The molecule has 18 heavy (non-hydrogen) atoms. The Morgan fingerprint density at radius 3 is 3.06 bits per heavy atom. The molecule has 2 N–H and O–H groups in total. The van der Waals surface area contributed by atoms with Gasteiger partial charge >= 0.3 is 0 Å². The molecule has 0 aromatic heterocycles. The summed E-state index contributed by atoms with van der Waals surface area (Å²) in [4.78, 5) is 4.44. The van der Waals surface area contributed by atoms with Gasteiger partial charge in [-0.25, -0.2) is 0 Å². The number of benzene rings is 1. The smallest absolute Gasteiger partial charge is 0.188 e. The summed E-state index contributed by atoms with van der Waals surface area (Å²) in [5, 5.41) is 0. The van der Waals surface area contributed by atoms with Crippen molar-refractivity contribution in [1.29, 1.82) is 0 Å². The Morgan fingerprint density at radius 1 is 1.44 bits per heavy atom. The Labute approximate surface area is 108 Å². The highest BCUT2D eigenvalue weighted by atomic mass is 16.5. The molecule has 0 saturated carbocycles. The molecule has 98 valence electrons. The summed E-state index contributed by atoms with van der Waals surface area (Å²) in [5.74, 6) is 1.69. The molecule has 1 aliphatic rings. The van der Waals surface area contributed by atoms with Gasteiger partial charge in [-0.3, -0.25) is 4.99 Å². The minimum Gasteiger partial charge on any atom is -0.496 e. The first-order valence-corrected chi connectivity index (χ1v) is 6.35. The number of aliphatic imine (C=N–C) groups is 1. The summed E-state index contributed by atoms with van der Waals surface area (Å²) in [6.45, 7) is 1.46. The van der Waals surface area contributed by atoms with E-state index in [4.69, 9.17) is 15.2 Å². The van der Waals surface area contributed by atoms with Crippen LogP contribution in [0.2, 0.25) is 0 Å². The fourth-order valence-electron chi connectivity index (χ4n) is 2.08. The van der Waals surface area contributed by atoms with Crippen LogP contribution in [-0.2, 0) is 11.2 Å². The molecule has 0 radical (unpaired) electrons. The summed E-state index contributed by atoms with van der Waals surface area (Å²) in [6, 6.07) is 7.96. The van der Waals surface area contributed by atoms with Crippen LogP contribution in [0.15, 0.2) is 29.3 Å². The first-order valence-electron chi connectivity index (χ1n) is 6.35. The molecule has 1 atom stereocenters. The summed E-state index contributed by atoms with van der Waals surface area (Å²) < 4.78 is 11.1. The number of ether oxygens (including phenoxy) is 2.